The number of benzene rings is 2. The van der Waals surface area contributed by atoms with Crippen molar-refractivity contribution in [2.45, 2.75) is 38.1 Å². The minimum Gasteiger partial charge on any atom is -0.447 e. The molecule has 0 spiro atoms. The van der Waals surface area contributed by atoms with E-state index in [1.165, 1.54) is 18.7 Å². The molecule has 4 rings (SSSR count). The second-order valence-corrected chi connectivity index (χ2v) is 8.12. The molecule has 0 aliphatic carbocycles. The van der Waals surface area contributed by atoms with Crippen LogP contribution in [0.25, 0.3) is 11.3 Å². The molecule has 2 heterocycles. The van der Waals surface area contributed by atoms with E-state index >= 15 is 0 Å². The van der Waals surface area contributed by atoms with Gasteiger partial charge in [-0.25, -0.2) is 0 Å². The van der Waals surface area contributed by atoms with Crippen molar-refractivity contribution in [3.63, 3.8) is 0 Å². The molecule has 1 aliphatic rings. The van der Waals surface area contributed by atoms with Crippen LogP contribution in [0, 0.1) is 11.3 Å². The molecule has 1 amide bonds. The number of anilines is 1. The molecule has 1 aliphatic heterocycles. The number of amides is 1. The molecule has 2 aromatic carbocycles. The largest absolute Gasteiger partial charge is 0.447 e. The predicted molar refractivity (Wildman–Crippen MR) is 119 cm³/mol. The summed E-state index contributed by atoms with van der Waals surface area (Å²) < 4.78 is 6.32. The van der Waals surface area contributed by atoms with Crippen molar-refractivity contribution in [2.75, 3.05) is 10.7 Å². The Labute approximate surface area is 185 Å². The first-order valence-corrected chi connectivity index (χ1v) is 11.0. The number of carbonyl (C=O) groups is 1. The number of carbonyl (C=O) groups excluding carboxylic acids is 1. The maximum atomic E-state index is 12.7. The third-order valence-electron chi connectivity index (χ3n) is 4.91. The third-order valence-corrected chi connectivity index (χ3v) is 5.83. The summed E-state index contributed by atoms with van der Waals surface area (Å²) in [5, 5.41) is 18.4. The molecule has 0 fully saturated rings. The summed E-state index contributed by atoms with van der Waals surface area (Å²) in [6, 6.07) is 16.6. The van der Waals surface area contributed by atoms with Gasteiger partial charge in [0.15, 0.2) is 5.69 Å². The predicted octanol–water partition coefficient (Wildman–Crippen LogP) is 4.75. The number of unbranched alkanes of at least 4 members (excludes halogenated alkanes) is 1. The van der Waals surface area contributed by atoms with Crippen LogP contribution in [0.1, 0.15) is 44.0 Å². The molecule has 1 aromatic heterocycles. The van der Waals surface area contributed by atoms with Crippen LogP contribution in [0.5, 0.6) is 5.88 Å². The number of aromatic nitrogens is 3. The number of thioether (sulfide) groups is 1. The molecular weight excluding hydrogens is 410 g/mol. The monoisotopic (exact) mass is 431 g/mol. The fraction of sp³-hybridized carbons (Fsp3) is 0.261. The molecular formula is C23H21N5O2S. The van der Waals surface area contributed by atoms with Gasteiger partial charge in [-0.1, -0.05) is 55.4 Å². The molecule has 0 saturated carbocycles. The van der Waals surface area contributed by atoms with Crippen molar-refractivity contribution < 1.29 is 9.53 Å². The van der Waals surface area contributed by atoms with Gasteiger partial charge in [-0.05, 0) is 24.6 Å². The van der Waals surface area contributed by atoms with Crippen LogP contribution in [0.3, 0.4) is 0 Å². The van der Waals surface area contributed by atoms with E-state index in [4.69, 9.17) is 10.00 Å². The maximum absolute atomic E-state index is 12.7. The van der Waals surface area contributed by atoms with Crippen LogP contribution in [-0.2, 0) is 4.79 Å². The van der Waals surface area contributed by atoms with Crippen molar-refractivity contribution in [2.24, 2.45) is 0 Å². The second kappa shape index (κ2) is 9.14. The minimum absolute atomic E-state index is 0.180. The highest BCUT2D eigenvalue weighted by Gasteiger charge is 2.34. The number of nitrogens with zero attached hydrogens (tertiary/aromatic N) is 5. The SMILES string of the molecule is CCCCSc1nnc2c(n1)O[C@@H](c1ccc(C#N)cc1)N(C(C)=O)c1ccccc1-2. The van der Waals surface area contributed by atoms with Crippen LogP contribution in [-0.4, -0.2) is 26.8 Å². The van der Waals surface area contributed by atoms with Crippen LogP contribution in [0.15, 0.2) is 53.7 Å². The Balaban J connectivity index is 1.84. The highest BCUT2D eigenvalue weighted by molar-refractivity contribution is 7.99. The molecule has 0 radical (unpaired) electrons. The van der Waals surface area contributed by atoms with E-state index in [1.807, 2.05) is 24.3 Å². The van der Waals surface area contributed by atoms with Crippen LogP contribution < -0.4 is 9.64 Å². The summed E-state index contributed by atoms with van der Waals surface area (Å²) in [5.41, 5.74) is 3.17. The summed E-state index contributed by atoms with van der Waals surface area (Å²) in [4.78, 5) is 19.0. The molecule has 0 saturated heterocycles. The number of fused-ring (bicyclic) bond motifs is 3. The first-order valence-electron chi connectivity index (χ1n) is 10.1. The average Bonchev–Trinajstić information content (AvgIpc) is 2.93. The smallest absolute Gasteiger partial charge is 0.247 e. The van der Waals surface area contributed by atoms with Gasteiger partial charge < -0.3 is 4.74 Å². The van der Waals surface area contributed by atoms with Gasteiger partial charge in [0.25, 0.3) is 0 Å². The third kappa shape index (κ3) is 4.23. The lowest BCUT2D eigenvalue weighted by molar-refractivity contribution is -0.118. The molecule has 0 N–H and O–H groups in total. The van der Waals surface area contributed by atoms with Gasteiger partial charge in [-0.2, -0.15) is 10.2 Å². The Morgan fingerprint density at radius 2 is 1.97 bits per heavy atom. The van der Waals surface area contributed by atoms with Crippen molar-refractivity contribution in [3.05, 3.63) is 59.7 Å². The first-order chi connectivity index (χ1) is 15.1. The Morgan fingerprint density at radius 1 is 1.19 bits per heavy atom. The number of rotatable bonds is 5. The van der Waals surface area contributed by atoms with E-state index in [1.54, 1.807) is 29.2 Å². The Bertz CT molecular complexity index is 1140. The van der Waals surface area contributed by atoms with E-state index in [9.17, 15) is 4.79 Å². The highest BCUT2D eigenvalue weighted by Crippen LogP contribution is 2.43. The second-order valence-electron chi connectivity index (χ2n) is 7.06. The number of hydrogen-bond donors (Lipinski definition) is 0. The van der Waals surface area contributed by atoms with E-state index in [0.717, 1.165) is 29.7 Å². The van der Waals surface area contributed by atoms with Crippen molar-refractivity contribution in [1.82, 2.24) is 15.2 Å². The quantitative estimate of drug-likeness (QED) is 0.425. The van der Waals surface area contributed by atoms with E-state index in [0.29, 0.717) is 28.0 Å². The molecule has 7 nitrogen and oxygen atoms in total. The lowest BCUT2D eigenvalue weighted by Gasteiger charge is -2.29. The van der Waals surface area contributed by atoms with Crippen LogP contribution in [0.4, 0.5) is 5.69 Å². The molecule has 0 unspecified atom stereocenters. The fourth-order valence-corrected chi connectivity index (χ4v) is 4.22. The van der Waals surface area contributed by atoms with Gasteiger partial charge in [0, 0.05) is 23.8 Å². The molecule has 156 valence electrons. The van der Waals surface area contributed by atoms with E-state index in [2.05, 4.69) is 28.2 Å². The standard InChI is InChI=1S/C23H21N5O2S/c1-3-4-13-31-23-25-21-20(26-27-23)18-7-5-6-8-19(18)28(15(2)29)22(30-21)17-11-9-16(14-24)10-12-17/h5-12,22H,3-4,13H2,1-2H3/t22-/m0/s1. The lowest BCUT2D eigenvalue weighted by atomic mass is 10.1. The molecule has 8 heteroatoms. The van der Waals surface area contributed by atoms with Gasteiger partial charge in [0.05, 0.1) is 17.3 Å². The number of hydrogen-bond acceptors (Lipinski definition) is 7. The van der Waals surface area contributed by atoms with Crippen molar-refractivity contribution >= 4 is 23.4 Å². The number of ether oxygens (including phenoxy) is 1. The molecule has 31 heavy (non-hydrogen) atoms. The summed E-state index contributed by atoms with van der Waals surface area (Å²) in [5.74, 6) is 1.05. The summed E-state index contributed by atoms with van der Waals surface area (Å²) in [6.07, 6.45) is 1.39. The van der Waals surface area contributed by atoms with E-state index < -0.39 is 6.23 Å². The zero-order valence-electron chi connectivity index (χ0n) is 17.3. The van der Waals surface area contributed by atoms with Crippen molar-refractivity contribution in [1.29, 1.82) is 5.26 Å². The van der Waals surface area contributed by atoms with Crippen molar-refractivity contribution in [3.8, 4) is 23.2 Å². The average molecular weight is 432 g/mol. The van der Waals surface area contributed by atoms with Gasteiger partial charge >= 0.3 is 0 Å². The van der Waals surface area contributed by atoms with Crippen LogP contribution in [0.2, 0.25) is 0 Å². The molecule has 1 atom stereocenters. The van der Waals surface area contributed by atoms with Gasteiger partial charge in [-0.15, -0.1) is 10.2 Å². The zero-order chi connectivity index (χ0) is 21.8. The first kappa shape index (κ1) is 20.8. The van der Waals surface area contributed by atoms with Gasteiger partial charge in [0.2, 0.25) is 23.2 Å². The summed E-state index contributed by atoms with van der Waals surface area (Å²) in [7, 11) is 0. The number of nitriles is 1. The summed E-state index contributed by atoms with van der Waals surface area (Å²) in [6.45, 7) is 3.63. The summed E-state index contributed by atoms with van der Waals surface area (Å²) >= 11 is 1.53. The molecule has 3 aromatic rings. The Morgan fingerprint density at radius 3 is 2.68 bits per heavy atom. The fourth-order valence-electron chi connectivity index (χ4n) is 3.36. The topological polar surface area (TPSA) is 92.0 Å². The number of para-hydroxylation sites is 1. The maximum Gasteiger partial charge on any atom is 0.247 e. The zero-order valence-corrected chi connectivity index (χ0v) is 18.1. The minimum atomic E-state index is -0.752. The van der Waals surface area contributed by atoms with Gasteiger partial charge in [0.1, 0.15) is 0 Å². The van der Waals surface area contributed by atoms with Gasteiger partial charge in [-0.3, -0.25) is 9.69 Å². The molecule has 0 bridgehead atoms. The Hall–Kier alpha value is -3.44. The van der Waals surface area contributed by atoms with E-state index in [-0.39, 0.29) is 5.91 Å². The normalized spacial score (nSPS) is 14.6. The van der Waals surface area contributed by atoms with Crippen LogP contribution >= 0.6 is 11.8 Å². The Kier molecular flexibility index (Phi) is 6.14. The highest BCUT2D eigenvalue weighted by atomic mass is 32.2. The lowest BCUT2D eigenvalue weighted by Crippen LogP contribution is -2.36.